The molecular weight excluding hydrogens is 238 g/mol. The van der Waals surface area contributed by atoms with Crippen LogP contribution in [0.1, 0.15) is 13.8 Å². The van der Waals surface area contributed by atoms with Crippen molar-refractivity contribution in [2.24, 2.45) is 0 Å². The number of halogens is 2. The molecule has 1 rings (SSSR count). The summed E-state index contributed by atoms with van der Waals surface area (Å²) >= 11 is 0. The van der Waals surface area contributed by atoms with E-state index in [0.29, 0.717) is 0 Å². The molecule has 0 spiro atoms. The van der Waals surface area contributed by atoms with Crippen molar-refractivity contribution in [2.45, 2.75) is 24.8 Å². The second kappa shape index (κ2) is 4.34. The summed E-state index contributed by atoms with van der Waals surface area (Å²) in [6.45, 7) is 3.14. The molecule has 0 aromatic heterocycles. The van der Waals surface area contributed by atoms with E-state index in [1.807, 2.05) is 0 Å². The maximum atomic E-state index is 13.3. The third kappa shape index (κ3) is 2.67. The summed E-state index contributed by atoms with van der Waals surface area (Å²) in [6.07, 6.45) is 0. The van der Waals surface area contributed by atoms with Crippen LogP contribution in [0, 0.1) is 11.6 Å². The van der Waals surface area contributed by atoms with E-state index < -0.39 is 32.6 Å². The van der Waals surface area contributed by atoms with Crippen molar-refractivity contribution in [3.63, 3.8) is 0 Å². The summed E-state index contributed by atoms with van der Waals surface area (Å²) in [5.41, 5.74) is 5.11. The fourth-order valence-electron chi connectivity index (χ4n) is 1.15. The van der Waals surface area contributed by atoms with Gasteiger partial charge in [-0.15, -0.1) is 0 Å². The summed E-state index contributed by atoms with van der Waals surface area (Å²) in [5.74, 6) is -2.72. The molecule has 0 aliphatic rings. The van der Waals surface area contributed by atoms with Crippen molar-refractivity contribution < 1.29 is 17.2 Å². The Bertz CT molecular complexity index is 500. The molecule has 0 unspecified atom stereocenters. The molecule has 0 saturated heterocycles. The Morgan fingerprint density at radius 1 is 1.31 bits per heavy atom. The van der Waals surface area contributed by atoms with Crippen LogP contribution in [0.25, 0.3) is 0 Å². The molecule has 0 fully saturated rings. The molecule has 1 aromatic carbocycles. The predicted octanol–water partition coefficient (Wildman–Crippen LogP) is 1.23. The van der Waals surface area contributed by atoms with Crippen LogP contribution in [-0.2, 0) is 10.0 Å². The Kier molecular flexibility index (Phi) is 3.49. The van der Waals surface area contributed by atoms with Crippen molar-refractivity contribution in [3.05, 3.63) is 23.8 Å². The minimum Gasteiger partial charge on any atom is -0.399 e. The standard InChI is InChI=1S/C9H12F2N2O2S/c1-5(2)13-16(14,15)8-4-6(12)3-7(10)9(8)11/h3-5,13H,12H2,1-2H3. The van der Waals surface area contributed by atoms with Crippen LogP contribution in [0.3, 0.4) is 0 Å². The van der Waals surface area contributed by atoms with Gasteiger partial charge >= 0.3 is 0 Å². The number of sulfonamides is 1. The van der Waals surface area contributed by atoms with E-state index in [2.05, 4.69) is 4.72 Å². The predicted molar refractivity (Wildman–Crippen MR) is 56.2 cm³/mol. The first-order valence-electron chi connectivity index (χ1n) is 4.51. The Morgan fingerprint density at radius 2 is 1.88 bits per heavy atom. The molecule has 4 nitrogen and oxygen atoms in total. The second-order valence-corrected chi connectivity index (χ2v) is 5.27. The Labute approximate surface area is 92.5 Å². The smallest absolute Gasteiger partial charge is 0.243 e. The highest BCUT2D eigenvalue weighted by Gasteiger charge is 2.23. The van der Waals surface area contributed by atoms with Crippen LogP contribution >= 0.6 is 0 Å². The monoisotopic (exact) mass is 250 g/mol. The molecule has 16 heavy (non-hydrogen) atoms. The number of hydrogen-bond donors (Lipinski definition) is 2. The third-order valence-electron chi connectivity index (χ3n) is 1.70. The van der Waals surface area contributed by atoms with Crippen LogP contribution in [-0.4, -0.2) is 14.5 Å². The first-order valence-corrected chi connectivity index (χ1v) is 5.99. The van der Waals surface area contributed by atoms with Crippen molar-refractivity contribution >= 4 is 15.7 Å². The fraction of sp³-hybridized carbons (Fsp3) is 0.333. The Morgan fingerprint density at radius 3 is 2.38 bits per heavy atom. The first kappa shape index (κ1) is 12.9. The Hall–Kier alpha value is -1.21. The van der Waals surface area contributed by atoms with Gasteiger partial charge < -0.3 is 5.73 Å². The molecule has 0 saturated carbocycles. The van der Waals surface area contributed by atoms with E-state index in [0.717, 1.165) is 12.1 Å². The summed E-state index contributed by atoms with van der Waals surface area (Å²) in [5, 5.41) is 0. The minimum absolute atomic E-state index is 0.150. The summed E-state index contributed by atoms with van der Waals surface area (Å²) in [4.78, 5) is -0.779. The SMILES string of the molecule is CC(C)NS(=O)(=O)c1cc(N)cc(F)c1F. The molecule has 90 valence electrons. The van der Waals surface area contributed by atoms with Gasteiger partial charge in [-0.25, -0.2) is 21.9 Å². The van der Waals surface area contributed by atoms with Crippen LogP contribution in [0.15, 0.2) is 17.0 Å². The lowest BCUT2D eigenvalue weighted by Crippen LogP contribution is -2.31. The third-order valence-corrected chi connectivity index (χ3v) is 3.36. The number of benzene rings is 1. The van der Waals surface area contributed by atoms with Gasteiger partial charge in [0.15, 0.2) is 11.6 Å². The number of nitrogens with one attached hydrogen (secondary N) is 1. The lowest BCUT2D eigenvalue weighted by Gasteiger charge is -2.11. The molecule has 0 heterocycles. The lowest BCUT2D eigenvalue weighted by molar-refractivity contribution is 0.482. The van der Waals surface area contributed by atoms with Gasteiger partial charge in [-0.1, -0.05) is 0 Å². The van der Waals surface area contributed by atoms with Crippen LogP contribution in [0.2, 0.25) is 0 Å². The van der Waals surface area contributed by atoms with E-state index in [4.69, 9.17) is 5.73 Å². The quantitative estimate of drug-likeness (QED) is 0.793. The molecule has 0 aliphatic heterocycles. The van der Waals surface area contributed by atoms with Gasteiger partial charge in [-0.2, -0.15) is 0 Å². The van der Waals surface area contributed by atoms with Gasteiger partial charge in [0, 0.05) is 11.7 Å². The molecular formula is C9H12F2N2O2S. The molecule has 0 atom stereocenters. The average molecular weight is 250 g/mol. The Balaban J connectivity index is 3.33. The highest BCUT2D eigenvalue weighted by atomic mass is 32.2. The fourth-order valence-corrected chi connectivity index (χ4v) is 2.53. The normalized spacial score (nSPS) is 12.1. The van der Waals surface area contributed by atoms with Gasteiger partial charge in [0.05, 0.1) is 0 Å². The van der Waals surface area contributed by atoms with Gasteiger partial charge in [0.2, 0.25) is 10.0 Å². The maximum absolute atomic E-state index is 13.3. The zero-order chi connectivity index (χ0) is 12.5. The second-order valence-electron chi connectivity index (χ2n) is 3.59. The molecule has 3 N–H and O–H groups in total. The molecule has 0 radical (unpaired) electrons. The van der Waals surface area contributed by atoms with Gasteiger partial charge in [0.25, 0.3) is 0 Å². The highest BCUT2D eigenvalue weighted by molar-refractivity contribution is 7.89. The van der Waals surface area contributed by atoms with E-state index in [1.54, 1.807) is 13.8 Å². The van der Waals surface area contributed by atoms with E-state index in [-0.39, 0.29) is 5.69 Å². The van der Waals surface area contributed by atoms with Crippen molar-refractivity contribution in [1.29, 1.82) is 0 Å². The zero-order valence-electron chi connectivity index (χ0n) is 8.79. The minimum atomic E-state index is -4.08. The van der Waals surface area contributed by atoms with Crippen LogP contribution in [0.5, 0.6) is 0 Å². The van der Waals surface area contributed by atoms with Crippen molar-refractivity contribution in [3.8, 4) is 0 Å². The number of nitrogen functional groups attached to an aromatic ring is 1. The first-order chi connectivity index (χ1) is 7.24. The van der Waals surface area contributed by atoms with E-state index in [9.17, 15) is 17.2 Å². The summed E-state index contributed by atoms with van der Waals surface area (Å²) in [7, 11) is -4.08. The van der Waals surface area contributed by atoms with Gasteiger partial charge in [-0.3, -0.25) is 0 Å². The number of rotatable bonds is 3. The molecule has 0 amide bonds. The topological polar surface area (TPSA) is 72.2 Å². The number of hydrogen-bond acceptors (Lipinski definition) is 3. The summed E-state index contributed by atoms with van der Waals surface area (Å²) in [6, 6.07) is 1.18. The van der Waals surface area contributed by atoms with E-state index >= 15 is 0 Å². The molecule has 0 aliphatic carbocycles. The van der Waals surface area contributed by atoms with Crippen LogP contribution < -0.4 is 10.5 Å². The zero-order valence-corrected chi connectivity index (χ0v) is 9.61. The van der Waals surface area contributed by atoms with Gasteiger partial charge in [-0.05, 0) is 26.0 Å². The average Bonchev–Trinajstić information content (AvgIpc) is 2.08. The van der Waals surface area contributed by atoms with Crippen LogP contribution in [0.4, 0.5) is 14.5 Å². The molecule has 1 aromatic rings. The molecule has 7 heteroatoms. The number of nitrogens with two attached hydrogens (primary N) is 1. The lowest BCUT2D eigenvalue weighted by atomic mass is 10.3. The summed E-state index contributed by atoms with van der Waals surface area (Å²) < 4.78 is 51.6. The van der Waals surface area contributed by atoms with Gasteiger partial charge in [0.1, 0.15) is 4.90 Å². The largest absolute Gasteiger partial charge is 0.399 e. The number of anilines is 1. The van der Waals surface area contributed by atoms with Crippen molar-refractivity contribution in [1.82, 2.24) is 4.72 Å². The van der Waals surface area contributed by atoms with Crippen molar-refractivity contribution in [2.75, 3.05) is 5.73 Å². The maximum Gasteiger partial charge on any atom is 0.243 e. The van der Waals surface area contributed by atoms with E-state index in [1.165, 1.54) is 0 Å². The molecule has 0 bridgehead atoms. The highest BCUT2D eigenvalue weighted by Crippen LogP contribution is 2.21.